The average Bonchev–Trinajstić information content (AvgIpc) is 2.78. The van der Waals surface area contributed by atoms with Gasteiger partial charge in [-0.25, -0.2) is 0 Å². The molecule has 20 heavy (non-hydrogen) atoms. The van der Waals surface area contributed by atoms with Crippen LogP contribution >= 0.6 is 0 Å². The molecule has 2 rings (SSSR count). The second-order valence-electron chi connectivity index (χ2n) is 4.72. The summed E-state index contributed by atoms with van der Waals surface area (Å²) in [6.45, 7) is 5.40. The quantitative estimate of drug-likeness (QED) is 0.906. The summed E-state index contributed by atoms with van der Waals surface area (Å²) in [7, 11) is 1.88. The zero-order chi connectivity index (χ0) is 14.5. The largest absolute Gasteiger partial charge is 0.494 e. The topological polar surface area (TPSA) is 50.0 Å². The summed E-state index contributed by atoms with van der Waals surface area (Å²) in [6.07, 6.45) is 1.97. The molecular formula is C16H19N3O. The van der Waals surface area contributed by atoms with E-state index in [-0.39, 0.29) is 0 Å². The van der Waals surface area contributed by atoms with Gasteiger partial charge < -0.3 is 14.6 Å². The molecule has 1 N–H and O–H groups in total. The van der Waals surface area contributed by atoms with E-state index in [4.69, 9.17) is 10.00 Å². The molecule has 4 heteroatoms. The number of ether oxygens (including phenoxy) is 1. The zero-order valence-electron chi connectivity index (χ0n) is 12.1. The van der Waals surface area contributed by atoms with E-state index in [1.54, 1.807) is 0 Å². The van der Waals surface area contributed by atoms with Crippen molar-refractivity contribution in [3.8, 4) is 11.8 Å². The first-order chi connectivity index (χ1) is 9.63. The number of rotatable bonds is 5. The lowest BCUT2D eigenvalue weighted by Crippen LogP contribution is -2.01. The highest BCUT2D eigenvalue weighted by molar-refractivity contribution is 5.54. The molecule has 0 bridgehead atoms. The Morgan fingerprint density at radius 2 is 2.15 bits per heavy atom. The van der Waals surface area contributed by atoms with Gasteiger partial charge in [-0.05, 0) is 49.2 Å². The van der Waals surface area contributed by atoms with Crippen molar-refractivity contribution in [2.45, 2.75) is 20.4 Å². The molecule has 0 unspecified atom stereocenters. The standard InChI is InChI=1S/C16H19N3O/c1-4-20-15-5-6-16(12(2)7-15)18-10-13-8-14(9-17)19(3)11-13/h5-8,11,18H,4,10H2,1-3H3. The molecule has 104 valence electrons. The first kappa shape index (κ1) is 14.0. The third kappa shape index (κ3) is 3.12. The van der Waals surface area contributed by atoms with Gasteiger partial charge in [0.05, 0.1) is 6.61 Å². The highest BCUT2D eigenvalue weighted by atomic mass is 16.5. The Balaban J connectivity index is 2.05. The summed E-state index contributed by atoms with van der Waals surface area (Å²) in [5.74, 6) is 0.891. The molecule has 0 amide bonds. The number of aromatic nitrogens is 1. The van der Waals surface area contributed by atoms with E-state index in [0.29, 0.717) is 18.8 Å². The molecule has 1 aromatic carbocycles. The van der Waals surface area contributed by atoms with Crippen LogP contribution in [0.15, 0.2) is 30.5 Å². The van der Waals surface area contributed by atoms with Crippen LogP contribution in [0.5, 0.6) is 5.75 Å². The van der Waals surface area contributed by atoms with Gasteiger partial charge in [-0.15, -0.1) is 0 Å². The van der Waals surface area contributed by atoms with E-state index in [1.807, 2.05) is 49.0 Å². The molecule has 0 fully saturated rings. The number of aryl methyl sites for hydroxylation is 2. The van der Waals surface area contributed by atoms with Crippen molar-refractivity contribution in [3.63, 3.8) is 0 Å². The Bertz CT molecular complexity index is 638. The van der Waals surface area contributed by atoms with E-state index in [0.717, 1.165) is 22.6 Å². The van der Waals surface area contributed by atoms with Crippen LogP contribution in [0.25, 0.3) is 0 Å². The minimum Gasteiger partial charge on any atom is -0.494 e. The SMILES string of the molecule is CCOc1ccc(NCc2cc(C#N)n(C)c2)c(C)c1. The summed E-state index contributed by atoms with van der Waals surface area (Å²) >= 11 is 0. The Labute approximate surface area is 119 Å². The molecule has 0 aliphatic rings. The second-order valence-corrected chi connectivity index (χ2v) is 4.72. The highest BCUT2D eigenvalue weighted by Gasteiger charge is 2.04. The van der Waals surface area contributed by atoms with Gasteiger partial charge in [-0.3, -0.25) is 0 Å². The summed E-state index contributed by atoms with van der Waals surface area (Å²) < 4.78 is 7.31. The van der Waals surface area contributed by atoms with Crippen molar-refractivity contribution >= 4 is 5.69 Å². The number of hydrogen-bond donors (Lipinski definition) is 1. The monoisotopic (exact) mass is 269 g/mol. The van der Waals surface area contributed by atoms with Gasteiger partial charge in [-0.2, -0.15) is 5.26 Å². The fraction of sp³-hybridized carbons (Fsp3) is 0.312. The van der Waals surface area contributed by atoms with Crippen LogP contribution in [0, 0.1) is 18.3 Å². The molecule has 0 atom stereocenters. The van der Waals surface area contributed by atoms with Crippen LogP contribution in [0.2, 0.25) is 0 Å². The number of anilines is 1. The van der Waals surface area contributed by atoms with Gasteiger partial charge in [0.1, 0.15) is 17.5 Å². The van der Waals surface area contributed by atoms with Crippen LogP contribution in [-0.4, -0.2) is 11.2 Å². The van der Waals surface area contributed by atoms with Crippen molar-refractivity contribution in [3.05, 3.63) is 47.3 Å². The van der Waals surface area contributed by atoms with Crippen molar-refractivity contribution in [2.24, 2.45) is 7.05 Å². The molecule has 0 aliphatic carbocycles. The first-order valence-corrected chi connectivity index (χ1v) is 6.66. The molecule has 0 spiro atoms. The van der Waals surface area contributed by atoms with Crippen molar-refractivity contribution in [1.29, 1.82) is 5.26 Å². The van der Waals surface area contributed by atoms with E-state index < -0.39 is 0 Å². The fourth-order valence-corrected chi connectivity index (χ4v) is 2.13. The Hall–Kier alpha value is -2.41. The second kappa shape index (κ2) is 6.16. The lowest BCUT2D eigenvalue weighted by atomic mass is 10.2. The highest BCUT2D eigenvalue weighted by Crippen LogP contribution is 2.22. The molecule has 0 aliphatic heterocycles. The van der Waals surface area contributed by atoms with Crippen LogP contribution in [0.1, 0.15) is 23.7 Å². The molecule has 0 saturated heterocycles. The molecule has 1 heterocycles. The summed E-state index contributed by atoms with van der Waals surface area (Å²) in [6, 6.07) is 10.1. The number of benzene rings is 1. The molecule has 4 nitrogen and oxygen atoms in total. The van der Waals surface area contributed by atoms with E-state index in [2.05, 4.69) is 18.3 Å². The van der Waals surface area contributed by atoms with E-state index >= 15 is 0 Å². The third-order valence-corrected chi connectivity index (χ3v) is 3.17. The normalized spacial score (nSPS) is 10.1. The summed E-state index contributed by atoms with van der Waals surface area (Å²) in [4.78, 5) is 0. The molecule has 0 radical (unpaired) electrons. The number of nitrogens with one attached hydrogen (secondary N) is 1. The lowest BCUT2D eigenvalue weighted by molar-refractivity contribution is 0.340. The molecular weight excluding hydrogens is 250 g/mol. The van der Waals surface area contributed by atoms with E-state index in [9.17, 15) is 0 Å². The molecule has 0 saturated carbocycles. The maximum atomic E-state index is 8.94. The Morgan fingerprint density at radius 1 is 1.35 bits per heavy atom. The van der Waals surface area contributed by atoms with Gasteiger partial charge in [0.25, 0.3) is 0 Å². The number of nitriles is 1. The third-order valence-electron chi connectivity index (χ3n) is 3.17. The van der Waals surface area contributed by atoms with Crippen molar-refractivity contribution in [1.82, 2.24) is 4.57 Å². The Kier molecular flexibility index (Phi) is 4.31. The van der Waals surface area contributed by atoms with Gasteiger partial charge in [0.15, 0.2) is 0 Å². The predicted octanol–water partition coefficient (Wildman–Crippen LogP) is 3.22. The van der Waals surface area contributed by atoms with Gasteiger partial charge in [0, 0.05) is 25.5 Å². The van der Waals surface area contributed by atoms with Gasteiger partial charge in [-0.1, -0.05) is 0 Å². The predicted molar refractivity (Wildman–Crippen MR) is 79.8 cm³/mol. The van der Waals surface area contributed by atoms with Crippen LogP contribution in [-0.2, 0) is 13.6 Å². The van der Waals surface area contributed by atoms with E-state index in [1.165, 1.54) is 0 Å². The summed E-state index contributed by atoms with van der Waals surface area (Å²) in [5, 5.41) is 12.3. The van der Waals surface area contributed by atoms with Crippen LogP contribution in [0.3, 0.4) is 0 Å². The van der Waals surface area contributed by atoms with Crippen molar-refractivity contribution in [2.75, 3.05) is 11.9 Å². The smallest absolute Gasteiger partial charge is 0.120 e. The zero-order valence-corrected chi connectivity index (χ0v) is 12.1. The minimum atomic E-state index is 0.671. The van der Waals surface area contributed by atoms with Crippen LogP contribution < -0.4 is 10.1 Å². The average molecular weight is 269 g/mol. The number of nitrogens with zero attached hydrogens (tertiary/aromatic N) is 2. The maximum Gasteiger partial charge on any atom is 0.120 e. The molecule has 1 aromatic heterocycles. The van der Waals surface area contributed by atoms with Gasteiger partial charge in [0.2, 0.25) is 0 Å². The number of hydrogen-bond acceptors (Lipinski definition) is 3. The maximum absolute atomic E-state index is 8.94. The molecule has 2 aromatic rings. The van der Waals surface area contributed by atoms with Gasteiger partial charge >= 0.3 is 0 Å². The fourth-order valence-electron chi connectivity index (χ4n) is 2.13. The minimum absolute atomic E-state index is 0.671. The Morgan fingerprint density at radius 3 is 2.75 bits per heavy atom. The van der Waals surface area contributed by atoms with Crippen LogP contribution in [0.4, 0.5) is 5.69 Å². The summed E-state index contributed by atoms with van der Waals surface area (Å²) in [5.41, 5.74) is 3.99. The first-order valence-electron chi connectivity index (χ1n) is 6.66. The lowest BCUT2D eigenvalue weighted by Gasteiger charge is -2.11. The van der Waals surface area contributed by atoms with Crippen molar-refractivity contribution < 1.29 is 4.74 Å².